The van der Waals surface area contributed by atoms with Crippen molar-refractivity contribution in [1.82, 2.24) is 14.5 Å². The van der Waals surface area contributed by atoms with E-state index in [1.807, 2.05) is 12.4 Å². The van der Waals surface area contributed by atoms with Gasteiger partial charge in [0.05, 0.1) is 11.7 Å². The molecule has 1 saturated heterocycles. The second-order valence-corrected chi connectivity index (χ2v) is 5.38. The summed E-state index contributed by atoms with van der Waals surface area (Å²) < 4.78 is 2.17. The Balaban J connectivity index is 2.04. The first-order valence-electron chi connectivity index (χ1n) is 6.51. The Hall–Kier alpha value is -1.39. The van der Waals surface area contributed by atoms with Crippen LogP contribution < -0.4 is 5.73 Å². The van der Waals surface area contributed by atoms with E-state index in [2.05, 4.69) is 40.8 Å². The van der Waals surface area contributed by atoms with Gasteiger partial charge in [-0.25, -0.2) is 0 Å². The molecular formula is C14H20N4. The maximum Gasteiger partial charge on any atom is 0.0667 e. The largest absolute Gasteiger partial charge is 0.349 e. The van der Waals surface area contributed by atoms with E-state index in [0.29, 0.717) is 12.1 Å². The van der Waals surface area contributed by atoms with Gasteiger partial charge in [0, 0.05) is 43.5 Å². The van der Waals surface area contributed by atoms with E-state index in [-0.39, 0.29) is 0 Å². The molecule has 3 heterocycles. The number of fused-ring (bicyclic) bond motifs is 1. The number of hydrogen-bond acceptors (Lipinski definition) is 3. The average molecular weight is 244 g/mol. The van der Waals surface area contributed by atoms with Crippen molar-refractivity contribution in [3.63, 3.8) is 0 Å². The van der Waals surface area contributed by atoms with Crippen molar-refractivity contribution in [1.29, 1.82) is 0 Å². The smallest absolute Gasteiger partial charge is 0.0667 e. The molecule has 0 spiro atoms. The summed E-state index contributed by atoms with van der Waals surface area (Å²) in [7, 11) is 4.26. The molecule has 2 atom stereocenters. The number of nitrogens with zero attached hydrogens (tertiary/aromatic N) is 3. The van der Waals surface area contributed by atoms with Gasteiger partial charge in [-0.3, -0.25) is 9.88 Å². The highest BCUT2D eigenvalue weighted by Crippen LogP contribution is 2.34. The second-order valence-electron chi connectivity index (χ2n) is 5.38. The molecule has 0 aromatic carbocycles. The van der Waals surface area contributed by atoms with E-state index in [4.69, 9.17) is 5.73 Å². The molecule has 1 fully saturated rings. The van der Waals surface area contributed by atoms with Crippen molar-refractivity contribution in [2.45, 2.75) is 24.9 Å². The molecule has 96 valence electrons. The number of likely N-dealkylation sites (tertiary alicyclic amines) is 1. The van der Waals surface area contributed by atoms with E-state index in [1.165, 1.54) is 16.5 Å². The lowest BCUT2D eigenvalue weighted by Gasteiger charge is -2.35. The van der Waals surface area contributed by atoms with Crippen molar-refractivity contribution in [3.8, 4) is 0 Å². The average Bonchev–Trinajstić information content (AvgIpc) is 2.68. The van der Waals surface area contributed by atoms with Crippen LogP contribution in [0.2, 0.25) is 0 Å². The zero-order valence-corrected chi connectivity index (χ0v) is 11.0. The fourth-order valence-electron chi connectivity index (χ4n) is 3.10. The predicted molar refractivity (Wildman–Crippen MR) is 73.3 cm³/mol. The summed E-state index contributed by atoms with van der Waals surface area (Å²) in [5, 5.41) is 1.32. The molecule has 2 aromatic rings. The summed E-state index contributed by atoms with van der Waals surface area (Å²) >= 11 is 0. The number of aryl methyl sites for hydroxylation is 1. The maximum atomic E-state index is 6.03. The first-order valence-corrected chi connectivity index (χ1v) is 6.51. The van der Waals surface area contributed by atoms with Crippen LogP contribution in [0.3, 0.4) is 0 Å². The van der Waals surface area contributed by atoms with Crippen LogP contribution in [0.25, 0.3) is 10.9 Å². The third kappa shape index (κ3) is 1.82. The molecule has 2 unspecified atom stereocenters. The standard InChI is InChI=1S/C14H20N4/c1-17-8-10(15)3-4-13(17)12-9-18(2)14-7-16-6-5-11(12)14/h5-7,9-10,13H,3-4,8,15H2,1-2H3. The monoisotopic (exact) mass is 244 g/mol. The van der Waals surface area contributed by atoms with E-state index in [9.17, 15) is 0 Å². The van der Waals surface area contributed by atoms with Gasteiger partial charge >= 0.3 is 0 Å². The number of hydrogen-bond donors (Lipinski definition) is 1. The minimum atomic E-state index is 0.322. The SMILES string of the molecule is CN1CC(N)CCC1c1cn(C)c2cnccc12. The molecule has 0 radical (unpaired) electrons. The van der Waals surface area contributed by atoms with E-state index in [0.717, 1.165) is 19.4 Å². The minimum absolute atomic E-state index is 0.322. The highest BCUT2D eigenvalue weighted by molar-refractivity contribution is 5.83. The van der Waals surface area contributed by atoms with Crippen LogP contribution in [0.1, 0.15) is 24.4 Å². The quantitative estimate of drug-likeness (QED) is 0.830. The highest BCUT2D eigenvalue weighted by atomic mass is 15.2. The Kier molecular flexibility index (Phi) is 2.84. The molecule has 0 aliphatic carbocycles. The highest BCUT2D eigenvalue weighted by Gasteiger charge is 2.27. The van der Waals surface area contributed by atoms with E-state index >= 15 is 0 Å². The van der Waals surface area contributed by atoms with Crippen LogP contribution in [0.4, 0.5) is 0 Å². The number of nitrogens with two attached hydrogens (primary N) is 1. The summed E-state index contributed by atoms with van der Waals surface area (Å²) in [5.41, 5.74) is 8.64. The van der Waals surface area contributed by atoms with Gasteiger partial charge in [0.2, 0.25) is 0 Å². The van der Waals surface area contributed by atoms with Gasteiger partial charge in [-0.2, -0.15) is 0 Å². The van der Waals surface area contributed by atoms with Crippen molar-refractivity contribution >= 4 is 10.9 Å². The molecule has 4 nitrogen and oxygen atoms in total. The summed E-state index contributed by atoms with van der Waals surface area (Å²) in [6, 6.07) is 2.92. The van der Waals surface area contributed by atoms with Crippen molar-refractivity contribution in [3.05, 3.63) is 30.2 Å². The number of aromatic nitrogens is 2. The van der Waals surface area contributed by atoms with Gasteiger partial charge in [0.15, 0.2) is 0 Å². The molecule has 18 heavy (non-hydrogen) atoms. The molecule has 1 aliphatic rings. The molecule has 1 aliphatic heterocycles. The Morgan fingerprint density at radius 2 is 2.17 bits per heavy atom. The van der Waals surface area contributed by atoms with Gasteiger partial charge in [-0.05, 0) is 31.5 Å². The van der Waals surface area contributed by atoms with Crippen LogP contribution >= 0.6 is 0 Å². The van der Waals surface area contributed by atoms with E-state index < -0.39 is 0 Å². The van der Waals surface area contributed by atoms with Crippen LogP contribution in [0.5, 0.6) is 0 Å². The predicted octanol–water partition coefficient (Wildman–Crippen LogP) is 1.67. The molecule has 2 N–H and O–H groups in total. The third-order valence-corrected chi connectivity index (χ3v) is 4.05. The molecule has 4 heteroatoms. The Labute approximate surface area is 107 Å². The summed E-state index contributed by atoms with van der Waals surface area (Å²) in [6.45, 7) is 0.978. The van der Waals surface area contributed by atoms with Gasteiger partial charge in [0.1, 0.15) is 0 Å². The fourth-order valence-corrected chi connectivity index (χ4v) is 3.10. The minimum Gasteiger partial charge on any atom is -0.349 e. The summed E-state index contributed by atoms with van der Waals surface area (Å²) in [6.07, 6.45) is 8.30. The lowest BCUT2D eigenvalue weighted by Crippen LogP contribution is -2.42. The van der Waals surface area contributed by atoms with Crippen LogP contribution in [-0.4, -0.2) is 34.1 Å². The topological polar surface area (TPSA) is 47.1 Å². The Morgan fingerprint density at radius 1 is 1.33 bits per heavy atom. The molecule has 0 saturated carbocycles. The van der Waals surface area contributed by atoms with Crippen molar-refractivity contribution in [2.24, 2.45) is 12.8 Å². The normalized spacial score (nSPS) is 25.7. The Bertz CT molecular complexity index is 560. The van der Waals surface area contributed by atoms with Gasteiger partial charge < -0.3 is 10.3 Å². The second kappa shape index (κ2) is 4.37. The number of likely N-dealkylation sites (N-methyl/N-ethyl adjacent to an activating group) is 1. The molecule has 0 amide bonds. The number of rotatable bonds is 1. The van der Waals surface area contributed by atoms with Crippen LogP contribution in [0.15, 0.2) is 24.7 Å². The number of piperidine rings is 1. The molecule has 2 aromatic heterocycles. The Morgan fingerprint density at radius 3 is 2.94 bits per heavy atom. The van der Waals surface area contributed by atoms with Crippen LogP contribution in [-0.2, 0) is 7.05 Å². The molecular weight excluding hydrogens is 224 g/mol. The summed E-state index contributed by atoms with van der Waals surface area (Å²) in [5.74, 6) is 0. The van der Waals surface area contributed by atoms with Crippen LogP contribution in [0, 0.1) is 0 Å². The van der Waals surface area contributed by atoms with Gasteiger partial charge in [-0.15, -0.1) is 0 Å². The molecule has 3 rings (SSSR count). The maximum absolute atomic E-state index is 6.03. The first-order chi connectivity index (χ1) is 8.66. The van der Waals surface area contributed by atoms with Gasteiger partial charge in [-0.1, -0.05) is 0 Å². The van der Waals surface area contributed by atoms with E-state index in [1.54, 1.807) is 0 Å². The molecule has 0 bridgehead atoms. The zero-order chi connectivity index (χ0) is 12.7. The fraction of sp³-hybridized carbons (Fsp3) is 0.500. The lowest BCUT2D eigenvalue weighted by atomic mass is 9.94. The van der Waals surface area contributed by atoms with Crippen molar-refractivity contribution < 1.29 is 0 Å². The van der Waals surface area contributed by atoms with Gasteiger partial charge in [0.25, 0.3) is 0 Å². The van der Waals surface area contributed by atoms with Crippen molar-refractivity contribution in [2.75, 3.05) is 13.6 Å². The number of pyridine rings is 1. The lowest BCUT2D eigenvalue weighted by molar-refractivity contribution is 0.171. The summed E-state index contributed by atoms with van der Waals surface area (Å²) in [4.78, 5) is 6.59. The third-order valence-electron chi connectivity index (χ3n) is 4.05. The first kappa shape index (κ1) is 11.7. The zero-order valence-electron chi connectivity index (χ0n) is 11.0.